The number of fused-ring (bicyclic) bond motifs is 2. The van der Waals surface area contributed by atoms with Crippen molar-refractivity contribution >= 4 is 21.9 Å². The van der Waals surface area contributed by atoms with Crippen LogP contribution in [0.5, 0.6) is 28.7 Å². The van der Waals surface area contributed by atoms with E-state index in [1.54, 1.807) is 19.1 Å². The maximum absolute atomic E-state index is 14.3. The Morgan fingerprint density at radius 2 is 1.45 bits per heavy atom. The van der Waals surface area contributed by atoms with Crippen molar-refractivity contribution in [3.63, 3.8) is 0 Å². The normalized spacial score (nSPS) is 15.2. The fourth-order valence-electron chi connectivity index (χ4n) is 3.61. The topological polar surface area (TPSA) is 72.5 Å². The Kier molecular flexibility index (Phi) is 8.57. The van der Waals surface area contributed by atoms with E-state index < -0.39 is 35.9 Å². The lowest BCUT2D eigenvalue weighted by molar-refractivity contribution is -0.287. The summed E-state index contributed by atoms with van der Waals surface area (Å²) in [4.78, 5) is 11.2. The Hall–Kier alpha value is -3.81. The molecular formula is C26H19BrF6O7. The number of hydrogen-bond acceptors (Lipinski definition) is 7. The first-order valence-corrected chi connectivity index (χ1v) is 12.4. The average molecular weight is 637 g/mol. The minimum atomic E-state index is -3.85. The van der Waals surface area contributed by atoms with Gasteiger partial charge in [-0.05, 0) is 65.2 Å². The van der Waals surface area contributed by atoms with Gasteiger partial charge in [-0.2, -0.15) is 0 Å². The third-order valence-electron chi connectivity index (χ3n) is 5.20. The Labute approximate surface area is 231 Å². The first-order chi connectivity index (χ1) is 18.9. The van der Waals surface area contributed by atoms with Gasteiger partial charge in [0.05, 0.1) is 17.7 Å². The standard InChI is InChI=1S/C19H16F4O5.C7H3BrF2O2/c1-2-25-16(24)7-4-8-26-18-13(20)9-11(10-14(18)21)12-5-3-6-15-17(12)28-19(22,23)27-15;8-4-2-1-3-5-6(4)12-7(9,10)11-5/h3,5-6,9-10H,2,4,7-8H2,1H3;1-3H. The zero-order valence-electron chi connectivity index (χ0n) is 20.5. The van der Waals surface area contributed by atoms with Gasteiger partial charge in [0.15, 0.2) is 40.4 Å². The van der Waals surface area contributed by atoms with Gasteiger partial charge < -0.3 is 28.4 Å². The van der Waals surface area contributed by atoms with Crippen LogP contribution in [0.3, 0.4) is 0 Å². The molecule has 0 radical (unpaired) electrons. The Morgan fingerprint density at radius 1 is 0.875 bits per heavy atom. The van der Waals surface area contributed by atoms with Crippen LogP contribution in [0, 0.1) is 11.6 Å². The molecule has 14 heteroatoms. The molecule has 3 aromatic rings. The lowest BCUT2D eigenvalue weighted by atomic mass is 10.0. The van der Waals surface area contributed by atoms with Gasteiger partial charge in [0, 0.05) is 12.0 Å². The van der Waals surface area contributed by atoms with Crippen molar-refractivity contribution in [2.45, 2.75) is 32.4 Å². The lowest BCUT2D eigenvalue weighted by Crippen LogP contribution is -2.26. The second-order valence-electron chi connectivity index (χ2n) is 8.06. The number of rotatable bonds is 7. The predicted octanol–water partition coefficient (Wildman–Crippen LogP) is 7.45. The number of benzene rings is 3. The quantitative estimate of drug-likeness (QED) is 0.152. The van der Waals surface area contributed by atoms with Crippen molar-refractivity contribution < 1.29 is 59.6 Å². The van der Waals surface area contributed by atoms with Gasteiger partial charge in [0.1, 0.15) is 0 Å². The monoisotopic (exact) mass is 636 g/mol. The molecule has 2 aliphatic heterocycles. The molecule has 2 heterocycles. The zero-order valence-corrected chi connectivity index (χ0v) is 22.0. The van der Waals surface area contributed by atoms with E-state index in [4.69, 9.17) is 9.47 Å². The first-order valence-electron chi connectivity index (χ1n) is 11.6. The molecule has 0 N–H and O–H groups in total. The first kappa shape index (κ1) is 29.2. The lowest BCUT2D eigenvalue weighted by Gasteiger charge is -2.11. The van der Waals surface area contributed by atoms with Crippen LogP contribution in [0.4, 0.5) is 26.3 Å². The largest absolute Gasteiger partial charge is 0.586 e. The number of esters is 1. The van der Waals surface area contributed by atoms with Gasteiger partial charge >= 0.3 is 18.6 Å². The van der Waals surface area contributed by atoms with Gasteiger partial charge in [0.2, 0.25) is 0 Å². The van der Waals surface area contributed by atoms with E-state index in [2.05, 4.69) is 34.9 Å². The highest BCUT2D eigenvalue weighted by Crippen LogP contribution is 2.48. The molecule has 0 unspecified atom stereocenters. The number of para-hydroxylation sites is 2. The number of ether oxygens (including phenoxy) is 6. The Balaban J connectivity index is 0.000000255. The van der Waals surface area contributed by atoms with Gasteiger partial charge in [-0.15, -0.1) is 17.6 Å². The molecule has 214 valence electrons. The number of hydrogen-bond donors (Lipinski definition) is 0. The van der Waals surface area contributed by atoms with E-state index in [0.717, 1.165) is 12.1 Å². The second kappa shape index (κ2) is 11.7. The van der Waals surface area contributed by atoms with Crippen molar-refractivity contribution in [1.82, 2.24) is 0 Å². The molecule has 3 aromatic carbocycles. The van der Waals surface area contributed by atoms with Gasteiger partial charge in [-0.3, -0.25) is 4.79 Å². The molecule has 0 amide bonds. The summed E-state index contributed by atoms with van der Waals surface area (Å²) in [6.45, 7) is 1.81. The van der Waals surface area contributed by atoms with Crippen LogP contribution in [0.1, 0.15) is 19.8 Å². The van der Waals surface area contributed by atoms with Crippen molar-refractivity contribution in [3.8, 4) is 39.9 Å². The number of alkyl halides is 4. The summed E-state index contributed by atoms with van der Waals surface area (Å²) in [7, 11) is 0. The third-order valence-corrected chi connectivity index (χ3v) is 5.82. The summed E-state index contributed by atoms with van der Waals surface area (Å²) in [5.74, 6) is -3.54. The van der Waals surface area contributed by atoms with E-state index in [1.165, 1.54) is 24.3 Å². The molecule has 0 saturated heterocycles. The molecule has 0 atom stereocenters. The SMILES string of the molecule is CCOC(=O)CCCOc1c(F)cc(-c2cccc3c2OC(F)(F)O3)cc1F.FC1(F)Oc2cccc(Br)c2O1. The molecule has 0 bridgehead atoms. The molecule has 0 aliphatic carbocycles. The zero-order chi connectivity index (χ0) is 29.1. The van der Waals surface area contributed by atoms with Gasteiger partial charge in [0.25, 0.3) is 0 Å². The van der Waals surface area contributed by atoms with E-state index in [0.29, 0.717) is 4.47 Å². The molecule has 5 rings (SSSR count). The fourth-order valence-corrected chi connectivity index (χ4v) is 4.04. The highest BCUT2D eigenvalue weighted by atomic mass is 79.9. The Bertz CT molecular complexity index is 1380. The van der Waals surface area contributed by atoms with E-state index in [9.17, 15) is 31.1 Å². The van der Waals surface area contributed by atoms with E-state index in [-0.39, 0.29) is 60.2 Å². The van der Waals surface area contributed by atoms with Crippen LogP contribution in [0.25, 0.3) is 11.1 Å². The van der Waals surface area contributed by atoms with Crippen molar-refractivity contribution in [2.75, 3.05) is 13.2 Å². The van der Waals surface area contributed by atoms with Crippen LogP contribution in [0.2, 0.25) is 0 Å². The second-order valence-corrected chi connectivity index (χ2v) is 8.92. The highest BCUT2D eigenvalue weighted by molar-refractivity contribution is 9.10. The minimum Gasteiger partial charge on any atom is -0.488 e. The van der Waals surface area contributed by atoms with Crippen LogP contribution in [0.15, 0.2) is 53.0 Å². The van der Waals surface area contributed by atoms with Crippen LogP contribution in [-0.2, 0) is 9.53 Å². The molecule has 0 aromatic heterocycles. The summed E-state index contributed by atoms with van der Waals surface area (Å²) >= 11 is 3.06. The minimum absolute atomic E-state index is 0.0213. The molecule has 0 fully saturated rings. The van der Waals surface area contributed by atoms with Gasteiger partial charge in [-0.1, -0.05) is 18.2 Å². The molecular weight excluding hydrogens is 618 g/mol. The molecule has 0 spiro atoms. The van der Waals surface area contributed by atoms with Crippen molar-refractivity contribution in [3.05, 3.63) is 64.6 Å². The van der Waals surface area contributed by atoms with Crippen LogP contribution < -0.4 is 23.7 Å². The summed E-state index contributed by atoms with van der Waals surface area (Å²) in [5, 5.41) is 0. The van der Waals surface area contributed by atoms with Crippen LogP contribution >= 0.6 is 15.9 Å². The molecule has 2 aliphatic rings. The molecule has 0 saturated carbocycles. The number of halogens is 7. The number of carbonyl (C=O) groups is 1. The summed E-state index contributed by atoms with van der Waals surface area (Å²) in [6, 6.07) is 10.5. The highest BCUT2D eigenvalue weighted by Gasteiger charge is 2.45. The van der Waals surface area contributed by atoms with Crippen molar-refractivity contribution in [1.29, 1.82) is 0 Å². The van der Waals surface area contributed by atoms with E-state index >= 15 is 0 Å². The summed E-state index contributed by atoms with van der Waals surface area (Å²) < 4.78 is 108. The molecule has 7 nitrogen and oxygen atoms in total. The summed E-state index contributed by atoms with van der Waals surface area (Å²) in [6.07, 6.45) is -7.12. The molecule has 40 heavy (non-hydrogen) atoms. The maximum Gasteiger partial charge on any atom is 0.586 e. The number of carbonyl (C=O) groups excluding carboxylic acids is 1. The third kappa shape index (κ3) is 6.84. The van der Waals surface area contributed by atoms with Crippen LogP contribution in [-0.4, -0.2) is 31.8 Å². The van der Waals surface area contributed by atoms with E-state index in [1.807, 2.05) is 0 Å². The maximum atomic E-state index is 14.3. The fraction of sp³-hybridized carbons (Fsp3) is 0.269. The van der Waals surface area contributed by atoms with Gasteiger partial charge in [-0.25, -0.2) is 8.78 Å². The smallest absolute Gasteiger partial charge is 0.488 e. The summed E-state index contributed by atoms with van der Waals surface area (Å²) in [5.41, 5.74) is 0.0216. The Morgan fingerprint density at radius 3 is 2.05 bits per heavy atom. The predicted molar refractivity (Wildman–Crippen MR) is 130 cm³/mol. The average Bonchev–Trinajstić information content (AvgIpc) is 3.37. The van der Waals surface area contributed by atoms with Crippen molar-refractivity contribution in [2.24, 2.45) is 0 Å².